The number of amides is 1. The first-order valence-electron chi connectivity index (χ1n) is 9.81. The number of hydrogen-bond donors (Lipinski definition) is 0. The minimum absolute atomic E-state index is 0.0700. The summed E-state index contributed by atoms with van der Waals surface area (Å²) in [5.41, 5.74) is 1.27. The second-order valence-corrected chi connectivity index (χ2v) is 7.61. The summed E-state index contributed by atoms with van der Waals surface area (Å²) >= 11 is 0. The molecule has 1 saturated heterocycles. The van der Waals surface area contributed by atoms with Crippen molar-refractivity contribution in [3.8, 4) is 0 Å². The summed E-state index contributed by atoms with van der Waals surface area (Å²) in [4.78, 5) is 15.2. The fraction of sp³-hybridized carbons (Fsp3) is 0.591. The molecule has 3 nitrogen and oxygen atoms in total. The zero-order valence-electron chi connectivity index (χ0n) is 15.2. The molecule has 3 rings (SSSR count). The van der Waals surface area contributed by atoms with Crippen LogP contribution in [0.15, 0.2) is 43.0 Å². The van der Waals surface area contributed by atoms with Crippen LogP contribution in [-0.4, -0.2) is 30.2 Å². The van der Waals surface area contributed by atoms with E-state index in [9.17, 15) is 4.79 Å². The van der Waals surface area contributed by atoms with Crippen LogP contribution in [0.5, 0.6) is 0 Å². The Labute approximate surface area is 152 Å². The number of nitrogens with zero attached hydrogens (tertiary/aromatic N) is 1. The molecule has 1 aliphatic carbocycles. The van der Waals surface area contributed by atoms with Gasteiger partial charge >= 0.3 is 0 Å². The summed E-state index contributed by atoms with van der Waals surface area (Å²) in [5.74, 6) is 1.04. The van der Waals surface area contributed by atoms with E-state index in [1.54, 1.807) is 0 Å². The van der Waals surface area contributed by atoms with Gasteiger partial charge in [-0.1, -0.05) is 68.5 Å². The van der Waals surface area contributed by atoms with E-state index < -0.39 is 0 Å². The Morgan fingerprint density at radius 3 is 2.72 bits per heavy atom. The number of hydrogen-bond acceptors (Lipinski definition) is 2. The second-order valence-electron chi connectivity index (χ2n) is 7.61. The maximum atomic E-state index is 13.2. The molecule has 2 fully saturated rings. The zero-order valence-corrected chi connectivity index (χ0v) is 15.2. The van der Waals surface area contributed by atoms with Crippen LogP contribution in [0.2, 0.25) is 0 Å². The van der Waals surface area contributed by atoms with Crippen molar-refractivity contribution in [2.24, 2.45) is 11.8 Å². The van der Waals surface area contributed by atoms with Gasteiger partial charge < -0.3 is 9.64 Å². The number of ether oxygens (including phenoxy) is 1. The van der Waals surface area contributed by atoms with Crippen LogP contribution < -0.4 is 0 Å². The van der Waals surface area contributed by atoms with Gasteiger partial charge in [0.15, 0.2) is 0 Å². The van der Waals surface area contributed by atoms with E-state index in [0.717, 1.165) is 19.3 Å². The highest BCUT2D eigenvalue weighted by Gasteiger charge is 2.34. The lowest BCUT2D eigenvalue weighted by Crippen LogP contribution is -2.42. The molecule has 25 heavy (non-hydrogen) atoms. The molecule has 1 heterocycles. The molecule has 0 bridgehead atoms. The first kappa shape index (κ1) is 18.2. The van der Waals surface area contributed by atoms with Gasteiger partial charge in [0.25, 0.3) is 0 Å². The second kappa shape index (κ2) is 9.19. The predicted molar refractivity (Wildman–Crippen MR) is 101 cm³/mol. The average Bonchev–Trinajstić information content (AvgIpc) is 3.10. The summed E-state index contributed by atoms with van der Waals surface area (Å²) in [6.07, 6.45) is 11.1. The van der Waals surface area contributed by atoms with Crippen LogP contribution in [0, 0.1) is 11.8 Å². The molecule has 0 radical (unpaired) electrons. The third-order valence-electron chi connectivity index (χ3n) is 5.72. The lowest BCUT2D eigenvalue weighted by atomic mass is 9.81. The topological polar surface area (TPSA) is 29.5 Å². The van der Waals surface area contributed by atoms with Crippen molar-refractivity contribution in [3.63, 3.8) is 0 Å². The molecule has 0 aromatic heterocycles. The van der Waals surface area contributed by atoms with Crippen LogP contribution in [0.25, 0.3) is 0 Å². The van der Waals surface area contributed by atoms with Gasteiger partial charge in [-0.2, -0.15) is 0 Å². The SMILES string of the molecule is C=CC[C@H](CC1CCCCC1)C(=O)N1COC[C@H]1Cc1ccccc1. The molecule has 1 saturated carbocycles. The average molecular weight is 341 g/mol. The van der Waals surface area contributed by atoms with Gasteiger partial charge in [-0.15, -0.1) is 6.58 Å². The Morgan fingerprint density at radius 1 is 1.24 bits per heavy atom. The number of benzene rings is 1. The lowest BCUT2D eigenvalue weighted by molar-refractivity contribution is -0.138. The zero-order chi connectivity index (χ0) is 17.5. The van der Waals surface area contributed by atoms with Crippen LogP contribution in [-0.2, 0) is 16.0 Å². The highest BCUT2D eigenvalue weighted by atomic mass is 16.5. The Kier molecular flexibility index (Phi) is 6.69. The van der Waals surface area contributed by atoms with E-state index in [2.05, 4.69) is 30.8 Å². The van der Waals surface area contributed by atoms with Gasteiger partial charge in [0.1, 0.15) is 6.73 Å². The number of rotatable bonds is 7. The van der Waals surface area contributed by atoms with E-state index in [-0.39, 0.29) is 17.9 Å². The van der Waals surface area contributed by atoms with Gasteiger partial charge in [-0.25, -0.2) is 0 Å². The normalized spacial score (nSPS) is 22.7. The summed E-state index contributed by atoms with van der Waals surface area (Å²) in [7, 11) is 0. The Morgan fingerprint density at radius 2 is 2.00 bits per heavy atom. The number of allylic oxidation sites excluding steroid dienone is 1. The molecule has 1 aliphatic heterocycles. The van der Waals surface area contributed by atoms with Crippen LogP contribution in [0.4, 0.5) is 0 Å². The van der Waals surface area contributed by atoms with Gasteiger partial charge in [-0.3, -0.25) is 4.79 Å². The number of carbonyl (C=O) groups excluding carboxylic acids is 1. The van der Waals surface area contributed by atoms with Crippen molar-refractivity contribution >= 4 is 5.91 Å². The summed E-state index contributed by atoms with van der Waals surface area (Å²) < 4.78 is 5.66. The van der Waals surface area contributed by atoms with Crippen molar-refractivity contribution in [3.05, 3.63) is 48.6 Å². The maximum absolute atomic E-state index is 13.2. The van der Waals surface area contributed by atoms with Crippen LogP contribution in [0.1, 0.15) is 50.5 Å². The molecule has 2 aliphatic rings. The summed E-state index contributed by atoms with van der Waals surface area (Å²) in [6, 6.07) is 10.6. The Hall–Kier alpha value is -1.61. The number of carbonyl (C=O) groups is 1. The maximum Gasteiger partial charge on any atom is 0.228 e. The predicted octanol–water partition coefficient (Wildman–Crippen LogP) is 4.58. The quantitative estimate of drug-likeness (QED) is 0.680. The minimum atomic E-state index is 0.0700. The third kappa shape index (κ3) is 4.94. The van der Waals surface area contributed by atoms with Gasteiger partial charge in [0, 0.05) is 5.92 Å². The Bertz CT molecular complexity index is 550. The third-order valence-corrected chi connectivity index (χ3v) is 5.72. The van der Waals surface area contributed by atoms with Crippen molar-refractivity contribution in [1.29, 1.82) is 0 Å². The molecule has 136 valence electrons. The van der Waals surface area contributed by atoms with Gasteiger partial charge in [-0.05, 0) is 30.7 Å². The smallest absolute Gasteiger partial charge is 0.228 e. The Balaban J connectivity index is 1.63. The molecular formula is C22H31NO2. The van der Waals surface area contributed by atoms with E-state index in [1.165, 1.54) is 37.7 Å². The van der Waals surface area contributed by atoms with Crippen molar-refractivity contribution in [2.45, 2.75) is 57.4 Å². The molecule has 1 aromatic rings. The van der Waals surface area contributed by atoms with E-state index in [1.807, 2.05) is 17.0 Å². The van der Waals surface area contributed by atoms with Gasteiger partial charge in [0.2, 0.25) is 5.91 Å². The minimum Gasteiger partial charge on any atom is -0.359 e. The molecule has 0 spiro atoms. The molecule has 1 amide bonds. The molecule has 2 atom stereocenters. The first-order chi connectivity index (χ1) is 12.3. The highest BCUT2D eigenvalue weighted by molar-refractivity contribution is 5.79. The van der Waals surface area contributed by atoms with Crippen molar-refractivity contribution in [2.75, 3.05) is 13.3 Å². The largest absolute Gasteiger partial charge is 0.359 e. The van der Waals surface area contributed by atoms with Crippen molar-refractivity contribution < 1.29 is 9.53 Å². The van der Waals surface area contributed by atoms with E-state index in [0.29, 0.717) is 19.3 Å². The standard InChI is InChI=1S/C22H31NO2/c1-2-9-20(14-18-10-5-3-6-11-18)22(24)23-17-25-16-21(23)15-19-12-7-4-8-13-19/h2,4,7-8,12-13,18,20-21H,1,3,5-6,9-11,14-17H2/t20-,21-/m1/s1. The van der Waals surface area contributed by atoms with Gasteiger partial charge in [0.05, 0.1) is 12.6 Å². The summed E-state index contributed by atoms with van der Waals surface area (Å²) in [6.45, 7) is 4.97. The van der Waals surface area contributed by atoms with Crippen LogP contribution >= 0.6 is 0 Å². The molecule has 1 aromatic carbocycles. The lowest BCUT2D eigenvalue weighted by Gasteiger charge is -2.30. The molecule has 0 unspecified atom stereocenters. The van der Waals surface area contributed by atoms with Crippen LogP contribution in [0.3, 0.4) is 0 Å². The van der Waals surface area contributed by atoms with Crippen molar-refractivity contribution in [1.82, 2.24) is 4.90 Å². The first-order valence-corrected chi connectivity index (χ1v) is 9.81. The highest BCUT2D eigenvalue weighted by Crippen LogP contribution is 2.32. The molecule has 3 heteroatoms. The monoisotopic (exact) mass is 341 g/mol. The van der Waals surface area contributed by atoms with E-state index >= 15 is 0 Å². The van der Waals surface area contributed by atoms with E-state index in [4.69, 9.17) is 4.74 Å². The molecular weight excluding hydrogens is 310 g/mol. The molecule has 0 N–H and O–H groups in total. The summed E-state index contributed by atoms with van der Waals surface area (Å²) in [5, 5.41) is 0. The fourth-order valence-electron chi connectivity index (χ4n) is 4.34. The fourth-order valence-corrected chi connectivity index (χ4v) is 4.34.